The maximum atomic E-state index is 14.3. The molecule has 1 saturated carbocycles. The number of aromatic nitrogens is 5. The Morgan fingerprint density at radius 3 is 2.75 bits per heavy atom. The number of rotatable bonds is 7. The van der Waals surface area contributed by atoms with Crippen LogP contribution in [0, 0.1) is 5.82 Å². The van der Waals surface area contributed by atoms with Crippen LogP contribution in [0.15, 0.2) is 42.9 Å². The summed E-state index contributed by atoms with van der Waals surface area (Å²) in [5.41, 5.74) is 8.32. The van der Waals surface area contributed by atoms with Gasteiger partial charge in [-0.3, -0.25) is 14.3 Å². The molecule has 1 aliphatic rings. The van der Waals surface area contributed by atoms with Crippen LogP contribution in [-0.2, 0) is 24.9 Å². The Kier molecular flexibility index (Phi) is 6.21. The molecule has 11 heteroatoms. The molecular formula is C25H25F2N7O2. The second kappa shape index (κ2) is 9.48. The predicted molar refractivity (Wildman–Crippen MR) is 128 cm³/mol. The molecule has 36 heavy (non-hydrogen) atoms. The van der Waals surface area contributed by atoms with Crippen LogP contribution in [0.2, 0.25) is 0 Å². The van der Waals surface area contributed by atoms with Crippen LogP contribution in [0.5, 0.6) is 0 Å². The largest absolute Gasteiger partial charge is 0.368 e. The number of aryl methyl sites for hydroxylation is 1. The first kappa shape index (κ1) is 23.6. The van der Waals surface area contributed by atoms with Crippen molar-refractivity contribution < 1.29 is 18.4 Å². The van der Waals surface area contributed by atoms with E-state index in [2.05, 4.69) is 20.4 Å². The molecule has 9 nitrogen and oxygen atoms in total. The van der Waals surface area contributed by atoms with Gasteiger partial charge in [-0.15, -0.1) is 0 Å². The Morgan fingerprint density at radius 2 is 2.06 bits per heavy atom. The zero-order chi connectivity index (χ0) is 25.4. The highest BCUT2D eigenvalue weighted by atomic mass is 19.1. The van der Waals surface area contributed by atoms with E-state index in [1.54, 1.807) is 40.8 Å². The van der Waals surface area contributed by atoms with E-state index >= 15 is 0 Å². The third kappa shape index (κ3) is 4.68. The molecule has 186 valence electrons. The van der Waals surface area contributed by atoms with Gasteiger partial charge >= 0.3 is 0 Å². The maximum absolute atomic E-state index is 14.3. The summed E-state index contributed by atoms with van der Waals surface area (Å²) < 4.78 is 31.4. The normalized spacial score (nSPS) is 17.5. The van der Waals surface area contributed by atoms with Crippen LogP contribution in [0.3, 0.4) is 0 Å². The SMILES string of the molecule is Cn1cc(-c2cc(F)cc(CNC(=O)c3nccc4nc(C5CCC(F)C5)n(CC(N)=O)c34)c2)cn1. The van der Waals surface area contributed by atoms with E-state index in [1.165, 1.54) is 18.3 Å². The van der Waals surface area contributed by atoms with E-state index in [-0.39, 0.29) is 24.7 Å². The number of nitrogens with zero attached hydrogens (tertiary/aromatic N) is 5. The topological polar surface area (TPSA) is 121 Å². The molecule has 1 aliphatic carbocycles. The molecule has 0 spiro atoms. The van der Waals surface area contributed by atoms with Gasteiger partial charge in [-0.2, -0.15) is 5.10 Å². The summed E-state index contributed by atoms with van der Waals surface area (Å²) in [7, 11) is 1.77. The third-order valence-electron chi connectivity index (χ3n) is 6.40. The van der Waals surface area contributed by atoms with Crippen LogP contribution in [0.4, 0.5) is 8.78 Å². The van der Waals surface area contributed by atoms with Crippen molar-refractivity contribution in [3.63, 3.8) is 0 Å². The van der Waals surface area contributed by atoms with E-state index in [4.69, 9.17) is 5.73 Å². The predicted octanol–water partition coefficient (Wildman–Crippen LogP) is 2.99. The molecule has 3 N–H and O–H groups in total. The average Bonchev–Trinajstić information content (AvgIpc) is 3.55. The van der Waals surface area contributed by atoms with Gasteiger partial charge in [-0.25, -0.2) is 18.7 Å². The number of hydrogen-bond donors (Lipinski definition) is 2. The number of alkyl halides is 1. The fraction of sp³-hybridized carbons (Fsp3) is 0.320. The summed E-state index contributed by atoms with van der Waals surface area (Å²) in [6, 6.07) is 6.16. The number of nitrogens with one attached hydrogen (secondary N) is 1. The second-order valence-corrected chi connectivity index (χ2v) is 9.09. The van der Waals surface area contributed by atoms with Gasteiger partial charge in [0.2, 0.25) is 5.91 Å². The number of hydrogen-bond acceptors (Lipinski definition) is 5. The Bertz CT molecular complexity index is 1460. The Morgan fingerprint density at radius 1 is 1.22 bits per heavy atom. The molecule has 1 aromatic carbocycles. The zero-order valence-electron chi connectivity index (χ0n) is 19.6. The number of pyridine rings is 1. The molecule has 0 saturated heterocycles. The highest BCUT2D eigenvalue weighted by Gasteiger charge is 2.31. The van der Waals surface area contributed by atoms with Gasteiger partial charge < -0.3 is 15.6 Å². The number of imidazole rings is 1. The number of primary amides is 1. The molecule has 4 aromatic rings. The summed E-state index contributed by atoms with van der Waals surface area (Å²) in [6.07, 6.45) is 5.25. The van der Waals surface area contributed by atoms with E-state index < -0.39 is 23.8 Å². The van der Waals surface area contributed by atoms with Crippen LogP contribution in [-0.4, -0.2) is 42.3 Å². The van der Waals surface area contributed by atoms with Crippen molar-refractivity contribution in [1.29, 1.82) is 0 Å². The molecule has 5 rings (SSSR count). The summed E-state index contributed by atoms with van der Waals surface area (Å²) in [4.78, 5) is 33.9. The fourth-order valence-corrected chi connectivity index (χ4v) is 4.81. The highest BCUT2D eigenvalue weighted by molar-refractivity contribution is 6.03. The first-order valence-corrected chi connectivity index (χ1v) is 11.6. The van der Waals surface area contributed by atoms with Crippen molar-refractivity contribution in [2.75, 3.05) is 0 Å². The lowest BCUT2D eigenvalue weighted by Gasteiger charge is -2.13. The van der Waals surface area contributed by atoms with Gasteiger partial charge in [0.1, 0.15) is 29.9 Å². The number of halogens is 2. The molecule has 3 aromatic heterocycles. The van der Waals surface area contributed by atoms with Gasteiger partial charge in [-0.05, 0) is 54.7 Å². The van der Waals surface area contributed by atoms with E-state index in [9.17, 15) is 18.4 Å². The average molecular weight is 494 g/mol. The lowest BCUT2D eigenvalue weighted by Crippen LogP contribution is -2.26. The minimum Gasteiger partial charge on any atom is -0.368 e. The maximum Gasteiger partial charge on any atom is 0.272 e. The van der Waals surface area contributed by atoms with Gasteiger partial charge in [-0.1, -0.05) is 0 Å². The standard InChI is InChI=1S/C25H25F2N7O2/c1-33-12-17(11-31-33)16-6-14(7-19(27)9-16)10-30-25(36)22-23-20(4-5-29-22)32-24(34(23)13-21(28)35)15-2-3-18(26)8-15/h4-7,9,11-12,15,18H,2-3,8,10,13H2,1H3,(H2,28,35)(H,30,36). The zero-order valence-corrected chi connectivity index (χ0v) is 19.6. The van der Waals surface area contributed by atoms with Crippen molar-refractivity contribution in [3.8, 4) is 11.1 Å². The fourth-order valence-electron chi connectivity index (χ4n) is 4.81. The Hall–Kier alpha value is -4.15. The molecular weight excluding hydrogens is 468 g/mol. The van der Waals surface area contributed by atoms with Crippen LogP contribution in [0.25, 0.3) is 22.2 Å². The van der Waals surface area contributed by atoms with Crippen molar-refractivity contribution >= 4 is 22.8 Å². The smallest absolute Gasteiger partial charge is 0.272 e. The van der Waals surface area contributed by atoms with Crippen molar-refractivity contribution in [2.45, 2.75) is 44.4 Å². The van der Waals surface area contributed by atoms with Gasteiger partial charge in [0.25, 0.3) is 5.91 Å². The molecule has 0 radical (unpaired) electrons. The lowest BCUT2D eigenvalue weighted by molar-refractivity contribution is -0.118. The van der Waals surface area contributed by atoms with Crippen molar-refractivity contribution in [2.24, 2.45) is 12.8 Å². The Labute approximate surface area is 205 Å². The quantitative estimate of drug-likeness (QED) is 0.410. The summed E-state index contributed by atoms with van der Waals surface area (Å²) in [5, 5.41) is 6.89. The van der Waals surface area contributed by atoms with E-state index in [0.717, 1.165) is 5.56 Å². The van der Waals surface area contributed by atoms with Crippen molar-refractivity contribution in [1.82, 2.24) is 29.6 Å². The number of carbonyl (C=O) groups excluding carboxylic acids is 2. The monoisotopic (exact) mass is 493 g/mol. The molecule has 3 heterocycles. The highest BCUT2D eigenvalue weighted by Crippen LogP contribution is 2.37. The van der Waals surface area contributed by atoms with E-state index in [1.807, 2.05) is 0 Å². The Balaban J connectivity index is 1.44. The third-order valence-corrected chi connectivity index (χ3v) is 6.40. The first-order valence-electron chi connectivity index (χ1n) is 11.6. The lowest BCUT2D eigenvalue weighted by atomic mass is 10.1. The van der Waals surface area contributed by atoms with Gasteiger partial charge in [0.05, 0.1) is 11.7 Å². The van der Waals surface area contributed by atoms with Crippen LogP contribution >= 0.6 is 0 Å². The van der Waals surface area contributed by atoms with Gasteiger partial charge in [0.15, 0.2) is 5.69 Å². The van der Waals surface area contributed by atoms with Crippen LogP contribution < -0.4 is 11.1 Å². The van der Waals surface area contributed by atoms with Gasteiger partial charge in [0, 0.05) is 37.5 Å². The number of benzene rings is 1. The minimum atomic E-state index is -0.930. The molecule has 2 unspecified atom stereocenters. The second-order valence-electron chi connectivity index (χ2n) is 9.09. The number of fused-ring (bicyclic) bond motifs is 1. The number of amides is 2. The number of nitrogens with two attached hydrogens (primary N) is 1. The summed E-state index contributed by atoms with van der Waals surface area (Å²) in [6.45, 7) is -0.158. The summed E-state index contributed by atoms with van der Waals surface area (Å²) in [5.74, 6) is -1.21. The molecule has 2 amide bonds. The molecule has 0 aliphatic heterocycles. The summed E-state index contributed by atoms with van der Waals surface area (Å²) >= 11 is 0. The molecule has 2 atom stereocenters. The molecule has 1 fully saturated rings. The minimum absolute atomic E-state index is 0.0465. The van der Waals surface area contributed by atoms with E-state index in [0.29, 0.717) is 47.2 Å². The number of carbonyl (C=O) groups is 2. The molecule has 0 bridgehead atoms. The van der Waals surface area contributed by atoms with Crippen LogP contribution in [0.1, 0.15) is 47.1 Å². The first-order chi connectivity index (χ1) is 17.3. The van der Waals surface area contributed by atoms with Crippen molar-refractivity contribution in [3.05, 3.63) is 65.8 Å².